The summed E-state index contributed by atoms with van der Waals surface area (Å²) >= 11 is 1.72. The highest BCUT2D eigenvalue weighted by molar-refractivity contribution is 7.98. The molecule has 1 aromatic heterocycles. The lowest BCUT2D eigenvalue weighted by atomic mass is 10.0. The van der Waals surface area contributed by atoms with E-state index in [2.05, 4.69) is 41.7 Å². The van der Waals surface area contributed by atoms with Crippen molar-refractivity contribution in [2.24, 2.45) is 5.73 Å². The average Bonchev–Trinajstić information content (AvgIpc) is 2.46. The Labute approximate surface area is 123 Å². The van der Waals surface area contributed by atoms with Gasteiger partial charge in [-0.25, -0.2) is 4.98 Å². The molecule has 0 atom stereocenters. The number of pyridine rings is 1. The fourth-order valence-electron chi connectivity index (χ4n) is 2.07. The SMILES string of the molecule is CNc1ccc(-c2ccc(SC)cc2C)nc1C(=N)N. The molecule has 0 spiro atoms. The lowest BCUT2D eigenvalue weighted by molar-refractivity contribution is 1.23. The van der Waals surface area contributed by atoms with E-state index in [4.69, 9.17) is 11.1 Å². The summed E-state index contributed by atoms with van der Waals surface area (Å²) in [4.78, 5) is 5.74. The maximum atomic E-state index is 7.63. The van der Waals surface area contributed by atoms with Crippen LogP contribution in [0.3, 0.4) is 0 Å². The molecule has 4 N–H and O–H groups in total. The van der Waals surface area contributed by atoms with Crippen molar-refractivity contribution in [1.82, 2.24) is 4.98 Å². The second kappa shape index (κ2) is 5.96. The molecule has 0 amide bonds. The van der Waals surface area contributed by atoms with Crippen molar-refractivity contribution in [3.8, 4) is 11.3 Å². The molecule has 0 aliphatic carbocycles. The van der Waals surface area contributed by atoms with Crippen molar-refractivity contribution in [3.05, 3.63) is 41.6 Å². The quantitative estimate of drug-likeness (QED) is 0.458. The second-order valence-electron chi connectivity index (χ2n) is 4.44. The van der Waals surface area contributed by atoms with E-state index < -0.39 is 0 Å². The molecule has 104 valence electrons. The number of nitrogens with zero attached hydrogens (tertiary/aromatic N) is 1. The smallest absolute Gasteiger partial charge is 0.143 e. The molecule has 4 nitrogen and oxygen atoms in total. The number of amidine groups is 1. The first-order valence-electron chi connectivity index (χ1n) is 6.25. The van der Waals surface area contributed by atoms with E-state index in [0.717, 1.165) is 22.5 Å². The predicted octanol–water partition coefficient (Wildman–Crippen LogP) is 3.10. The van der Waals surface area contributed by atoms with Crippen LogP contribution in [0.1, 0.15) is 11.3 Å². The Morgan fingerprint density at radius 2 is 2.05 bits per heavy atom. The summed E-state index contributed by atoms with van der Waals surface area (Å²) in [5, 5.41) is 10.6. The van der Waals surface area contributed by atoms with Crippen LogP contribution in [0.2, 0.25) is 0 Å². The maximum absolute atomic E-state index is 7.63. The van der Waals surface area contributed by atoms with Gasteiger partial charge in [-0.15, -0.1) is 11.8 Å². The van der Waals surface area contributed by atoms with Crippen molar-refractivity contribution in [1.29, 1.82) is 5.41 Å². The van der Waals surface area contributed by atoms with Crippen LogP contribution in [0, 0.1) is 12.3 Å². The van der Waals surface area contributed by atoms with E-state index in [1.807, 2.05) is 12.1 Å². The second-order valence-corrected chi connectivity index (χ2v) is 5.32. The zero-order valence-corrected chi connectivity index (χ0v) is 12.6. The standard InChI is InChI=1S/C15H18N4S/c1-9-8-10(20-3)4-5-11(9)12-6-7-13(18-2)14(19-12)15(16)17/h4-8,18H,1-3H3,(H3,16,17). The highest BCUT2D eigenvalue weighted by Gasteiger charge is 2.10. The molecule has 20 heavy (non-hydrogen) atoms. The first-order chi connectivity index (χ1) is 9.56. The van der Waals surface area contributed by atoms with E-state index in [-0.39, 0.29) is 5.84 Å². The van der Waals surface area contributed by atoms with Gasteiger partial charge in [0.05, 0.1) is 11.4 Å². The Bertz CT molecular complexity index is 652. The summed E-state index contributed by atoms with van der Waals surface area (Å²) < 4.78 is 0. The van der Waals surface area contributed by atoms with Crippen LogP contribution >= 0.6 is 11.8 Å². The minimum atomic E-state index is -0.0328. The molecule has 2 rings (SSSR count). The first-order valence-corrected chi connectivity index (χ1v) is 7.47. The van der Waals surface area contributed by atoms with Gasteiger partial charge in [0.2, 0.25) is 0 Å². The number of rotatable bonds is 4. The van der Waals surface area contributed by atoms with Gasteiger partial charge < -0.3 is 11.1 Å². The van der Waals surface area contributed by atoms with Crippen LogP contribution in [0.25, 0.3) is 11.3 Å². The van der Waals surface area contributed by atoms with E-state index >= 15 is 0 Å². The molecular formula is C15H18N4S. The number of hydrogen-bond donors (Lipinski definition) is 3. The van der Waals surface area contributed by atoms with Gasteiger partial charge in [0.25, 0.3) is 0 Å². The van der Waals surface area contributed by atoms with Crippen LogP contribution in [-0.2, 0) is 0 Å². The highest BCUT2D eigenvalue weighted by atomic mass is 32.2. The van der Waals surface area contributed by atoms with Crippen LogP contribution < -0.4 is 11.1 Å². The molecule has 1 heterocycles. The van der Waals surface area contributed by atoms with Gasteiger partial charge in [-0.3, -0.25) is 5.41 Å². The number of thioether (sulfide) groups is 1. The largest absolute Gasteiger partial charge is 0.386 e. The van der Waals surface area contributed by atoms with Crippen molar-refractivity contribution in [3.63, 3.8) is 0 Å². The topological polar surface area (TPSA) is 74.8 Å². The van der Waals surface area contributed by atoms with E-state index in [0.29, 0.717) is 5.69 Å². The molecule has 1 aromatic carbocycles. The lowest BCUT2D eigenvalue weighted by Crippen LogP contribution is -2.16. The van der Waals surface area contributed by atoms with Crippen LogP contribution in [0.15, 0.2) is 35.2 Å². The summed E-state index contributed by atoms with van der Waals surface area (Å²) in [7, 11) is 1.79. The Morgan fingerprint density at radius 1 is 1.30 bits per heavy atom. The summed E-state index contributed by atoms with van der Waals surface area (Å²) in [6.07, 6.45) is 2.06. The maximum Gasteiger partial charge on any atom is 0.143 e. The lowest BCUT2D eigenvalue weighted by Gasteiger charge is -2.11. The molecule has 2 aromatic rings. The van der Waals surface area contributed by atoms with Crippen LogP contribution in [0.4, 0.5) is 5.69 Å². The summed E-state index contributed by atoms with van der Waals surface area (Å²) in [6, 6.07) is 10.1. The van der Waals surface area contributed by atoms with Gasteiger partial charge in [-0.05, 0) is 43.0 Å². The summed E-state index contributed by atoms with van der Waals surface area (Å²) in [6.45, 7) is 2.07. The molecule has 0 radical (unpaired) electrons. The number of benzene rings is 1. The number of aromatic nitrogens is 1. The third-order valence-corrected chi connectivity index (χ3v) is 3.85. The van der Waals surface area contributed by atoms with Crippen LogP contribution in [0.5, 0.6) is 0 Å². The monoisotopic (exact) mass is 286 g/mol. The minimum absolute atomic E-state index is 0.0328. The Balaban J connectivity index is 2.53. The molecule has 0 saturated carbocycles. The Kier molecular flexibility index (Phi) is 4.29. The van der Waals surface area contributed by atoms with Gasteiger partial charge in [0.15, 0.2) is 0 Å². The first kappa shape index (κ1) is 14.4. The molecule has 0 saturated heterocycles. The zero-order valence-electron chi connectivity index (χ0n) is 11.8. The molecule has 5 heteroatoms. The molecule has 0 unspecified atom stereocenters. The number of nitrogen functional groups attached to an aromatic ring is 1. The fourth-order valence-corrected chi connectivity index (χ4v) is 2.57. The van der Waals surface area contributed by atoms with E-state index in [1.165, 1.54) is 4.90 Å². The van der Waals surface area contributed by atoms with Crippen molar-refractivity contribution >= 4 is 23.3 Å². The van der Waals surface area contributed by atoms with Gasteiger partial charge in [-0.1, -0.05) is 6.07 Å². The molecule has 0 aliphatic heterocycles. The average molecular weight is 286 g/mol. The fraction of sp³-hybridized carbons (Fsp3) is 0.200. The van der Waals surface area contributed by atoms with Gasteiger partial charge in [-0.2, -0.15) is 0 Å². The summed E-state index contributed by atoms with van der Waals surface area (Å²) in [5.74, 6) is -0.0328. The third-order valence-electron chi connectivity index (χ3n) is 3.13. The van der Waals surface area contributed by atoms with Gasteiger partial charge >= 0.3 is 0 Å². The van der Waals surface area contributed by atoms with Crippen molar-refractivity contribution < 1.29 is 0 Å². The molecular weight excluding hydrogens is 268 g/mol. The number of nitrogens with one attached hydrogen (secondary N) is 2. The van der Waals surface area contributed by atoms with E-state index in [1.54, 1.807) is 18.8 Å². The third kappa shape index (κ3) is 2.77. The number of anilines is 1. The van der Waals surface area contributed by atoms with Crippen molar-refractivity contribution in [2.75, 3.05) is 18.6 Å². The van der Waals surface area contributed by atoms with Gasteiger partial charge in [0.1, 0.15) is 11.5 Å². The summed E-state index contributed by atoms with van der Waals surface area (Å²) in [5.41, 5.74) is 9.91. The minimum Gasteiger partial charge on any atom is -0.386 e. The number of aryl methyl sites for hydroxylation is 1. The number of hydrogen-bond acceptors (Lipinski definition) is 4. The molecule has 0 fully saturated rings. The predicted molar refractivity (Wildman–Crippen MR) is 86.8 cm³/mol. The highest BCUT2D eigenvalue weighted by Crippen LogP contribution is 2.27. The van der Waals surface area contributed by atoms with Crippen molar-refractivity contribution in [2.45, 2.75) is 11.8 Å². The zero-order chi connectivity index (χ0) is 14.7. The Morgan fingerprint density at radius 3 is 2.60 bits per heavy atom. The van der Waals surface area contributed by atoms with Crippen LogP contribution in [-0.4, -0.2) is 24.1 Å². The van der Waals surface area contributed by atoms with E-state index in [9.17, 15) is 0 Å². The Hall–Kier alpha value is -2.01. The van der Waals surface area contributed by atoms with Gasteiger partial charge in [0, 0.05) is 17.5 Å². The number of nitrogens with two attached hydrogens (primary N) is 1. The molecule has 0 aliphatic rings. The normalized spacial score (nSPS) is 10.3. The molecule has 0 bridgehead atoms.